The zero-order valence-electron chi connectivity index (χ0n) is 15.5. The number of aromatic amines is 1. The van der Waals surface area contributed by atoms with Crippen LogP contribution in [0.4, 0.5) is 0 Å². The molecule has 0 aliphatic heterocycles. The fraction of sp³-hybridized carbons (Fsp3) is 0.238. The van der Waals surface area contributed by atoms with Crippen molar-refractivity contribution in [2.24, 2.45) is 0 Å². The summed E-state index contributed by atoms with van der Waals surface area (Å²) in [7, 11) is 0. The van der Waals surface area contributed by atoms with Crippen molar-refractivity contribution in [1.82, 2.24) is 15.3 Å². The van der Waals surface area contributed by atoms with Gasteiger partial charge in [-0.05, 0) is 48.7 Å². The second-order valence-electron chi connectivity index (χ2n) is 6.75. The molecule has 0 radical (unpaired) electrons. The van der Waals surface area contributed by atoms with E-state index in [0.717, 1.165) is 20.8 Å². The van der Waals surface area contributed by atoms with Gasteiger partial charge >= 0.3 is 0 Å². The minimum absolute atomic E-state index is 0.0695. The van der Waals surface area contributed by atoms with Crippen LogP contribution in [0.25, 0.3) is 21.3 Å². The molecule has 0 bridgehead atoms. The van der Waals surface area contributed by atoms with E-state index in [1.165, 1.54) is 11.1 Å². The average Bonchev–Trinajstić information content (AvgIpc) is 3.28. The third kappa shape index (κ3) is 3.60. The molecule has 1 atom stereocenters. The summed E-state index contributed by atoms with van der Waals surface area (Å²) in [5, 5.41) is 8.32. The summed E-state index contributed by atoms with van der Waals surface area (Å²) in [5.41, 5.74) is 4.44. The van der Waals surface area contributed by atoms with Gasteiger partial charge in [-0.25, -0.2) is 4.98 Å². The zero-order chi connectivity index (χ0) is 19.0. The molecule has 0 aliphatic rings. The van der Waals surface area contributed by atoms with Gasteiger partial charge in [-0.3, -0.25) is 4.79 Å². The number of H-pyrrole nitrogens is 1. The molecule has 0 saturated carbocycles. The number of hydrogen-bond acceptors (Lipinski definition) is 5. The van der Waals surface area contributed by atoms with Crippen LogP contribution in [0.2, 0.25) is 0 Å². The van der Waals surface area contributed by atoms with Crippen LogP contribution < -0.4 is 10.9 Å². The van der Waals surface area contributed by atoms with Gasteiger partial charge in [0.1, 0.15) is 10.7 Å². The van der Waals surface area contributed by atoms with Gasteiger partial charge in [0.2, 0.25) is 0 Å². The summed E-state index contributed by atoms with van der Waals surface area (Å²) in [6, 6.07) is 10.6. The number of benzene rings is 1. The van der Waals surface area contributed by atoms with E-state index in [2.05, 4.69) is 72.2 Å². The molecule has 138 valence electrons. The van der Waals surface area contributed by atoms with Gasteiger partial charge in [0.15, 0.2) is 0 Å². The lowest BCUT2D eigenvalue weighted by molar-refractivity contribution is 0.561. The number of hydrogen-bond donors (Lipinski definition) is 2. The number of nitrogens with zero attached hydrogens (tertiary/aromatic N) is 1. The molecule has 6 heteroatoms. The Morgan fingerprint density at radius 1 is 1.19 bits per heavy atom. The molecule has 4 aromatic rings. The van der Waals surface area contributed by atoms with Crippen LogP contribution in [-0.2, 0) is 6.54 Å². The van der Waals surface area contributed by atoms with Crippen LogP contribution in [0.3, 0.4) is 0 Å². The Bertz CT molecular complexity index is 1120. The highest BCUT2D eigenvalue weighted by Gasteiger charge is 2.17. The van der Waals surface area contributed by atoms with Gasteiger partial charge in [-0.2, -0.15) is 11.3 Å². The quantitative estimate of drug-likeness (QED) is 0.489. The summed E-state index contributed by atoms with van der Waals surface area (Å²) in [4.78, 5) is 22.4. The van der Waals surface area contributed by atoms with E-state index in [4.69, 9.17) is 4.98 Å². The number of fused-ring (bicyclic) bond motifs is 1. The largest absolute Gasteiger partial charge is 0.309 e. The molecule has 1 aromatic carbocycles. The van der Waals surface area contributed by atoms with Crippen LogP contribution in [0.1, 0.15) is 34.8 Å². The smallest absolute Gasteiger partial charge is 0.260 e. The predicted octanol–water partition coefficient (Wildman–Crippen LogP) is 5.18. The maximum atomic E-state index is 12.8. The Labute approximate surface area is 165 Å². The van der Waals surface area contributed by atoms with Gasteiger partial charge in [0, 0.05) is 16.5 Å². The fourth-order valence-electron chi connectivity index (χ4n) is 3.20. The first-order chi connectivity index (χ1) is 13.0. The van der Waals surface area contributed by atoms with Crippen molar-refractivity contribution in [2.45, 2.75) is 33.4 Å². The SMILES string of the molecule is Cc1ccc(-c2c(C)sc3nc(CNC(C)c4ccsc4)[nH]c(=O)c23)cc1. The minimum Gasteiger partial charge on any atom is -0.309 e. The molecular formula is C21H21N3OS2. The first-order valence-corrected chi connectivity index (χ1v) is 10.6. The fourth-order valence-corrected chi connectivity index (χ4v) is 5.02. The lowest BCUT2D eigenvalue weighted by Gasteiger charge is -2.11. The van der Waals surface area contributed by atoms with E-state index in [1.54, 1.807) is 22.7 Å². The topological polar surface area (TPSA) is 57.8 Å². The maximum Gasteiger partial charge on any atom is 0.260 e. The molecule has 4 rings (SSSR count). The molecule has 3 aromatic heterocycles. The predicted molar refractivity (Wildman–Crippen MR) is 115 cm³/mol. The Morgan fingerprint density at radius 3 is 2.67 bits per heavy atom. The Morgan fingerprint density at radius 2 is 1.96 bits per heavy atom. The molecule has 27 heavy (non-hydrogen) atoms. The van der Waals surface area contributed by atoms with Crippen LogP contribution in [0.15, 0.2) is 45.9 Å². The number of aryl methyl sites for hydroxylation is 2. The van der Waals surface area contributed by atoms with E-state index in [9.17, 15) is 4.79 Å². The van der Waals surface area contributed by atoms with Crippen molar-refractivity contribution >= 4 is 32.9 Å². The van der Waals surface area contributed by atoms with E-state index in [-0.39, 0.29) is 11.6 Å². The molecule has 0 fully saturated rings. The molecule has 1 unspecified atom stereocenters. The van der Waals surface area contributed by atoms with E-state index < -0.39 is 0 Å². The molecule has 3 heterocycles. The van der Waals surface area contributed by atoms with Crippen molar-refractivity contribution in [2.75, 3.05) is 0 Å². The Balaban J connectivity index is 1.67. The third-order valence-corrected chi connectivity index (χ3v) is 6.45. The van der Waals surface area contributed by atoms with Crippen LogP contribution in [0.5, 0.6) is 0 Å². The van der Waals surface area contributed by atoms with Crippen LogP contribution in [0, 0.1) is 13.8 Å². The van der Waals surface area contributed by atoms with E-state index >= 15 is 0 Å². The normalized spacial score (nSPS) is 12.6. The van der Waals surface area contributed by atoms with Gasteiger partial charge in [0.25, 0.3) is 5.56 Å². The Hall–Kier alpha value is -2.28. The average molecular weight is 396 g/mol. The van der Waals surface area contributed by atoms with Crippen molar-refractivity contribution in [3.05, 3.63) is 73.3 Å². The van der Waals surface area contributed by atoms with Crippen LogP contribution in [-0.4, -0.2) is 9.97 Å². The van der Waals surface area contributed by atoms with Crippen molar-refractivity contribution < 1.29 is 0 Å². The van der Waals surface area contributed by atoms with Gasteiger partial charge in [0.05, 0.1) is 11.9 Å². The molecule has 4 nitrogen and oxygen atoms in total. The number of aromatic nitrogens is 2. The van der Waals surface area contributed by atoms with Crippen LogP contribution >= 0.6 is 22.7 Å². The lowest BCUT2D eigenvalue weighted by Crippen LogP contribution is -2.21. The van der Waals surface area contributed by atoms with Gasteiger partial charge in [-0.1, -0.05) is 29.8 Å². The highest BCUT2D eigenvalue weighted by atomic mass is 32.1. The second kappa shape index (κ2) is 7.38. The summed E-state index contributed by atoms with van der Waals surface area (Å²) < 4.78 is 0. The summed E-state index contributed by atoms with van der Waals surface area (Å²) in [6.45, 7) is 6.76. The summed E-state index contributed by atoms with van der Waals surface area (Å²) >= 11 is 3.27. The van der Waals surface area contributed by atoms with Crippen molar-refractivity contribution in [3.63, 3.8) is 0 Å². The van der Waals surface area contributed by atoms with Crippen molar-refractivity contribution in [1.29, 1.82) is 0 Å². The molecule has 2 N–H and O–H groups in total. The number of rotatable bonds is 5. The summed E-state index contributed by atoms with van der Waals surface area (Å²) in [6.07, 6.45) is 0. The standard InChI is InChI=1S/C21H21N3OS2/c1-12-4-6-15(7-5-12)18-14(3)27-21-19(18)20(25)23-17(24-21)10-22-13(2)16-8-9-26-11-16/h4-9,11,13,22H,10H2,1-3H3,(H,23,24,25). The minimum atomic E-state index is -0.0695. The van der Waals surface area contributed by atoms with E-state index in [0.29, 0.717) is 17.8 Å². The van der Waals surface area contributed by atoms with E-state index in [1.807, 2.05) is 0 Å². The first kappa shape index (κ1) is 18.1. The highest BCUT2D eigenvalue weighted by molar-refractivity contribution is 7.19. The maximum absolute atomic E-state index is 12.8. The molecule has 0 spiro atoms. The van der Waals surface area contributed by atoms with Crippen molar-refractivity contribution in [3.8, 4) is 11.1 Å². The highest BCUT2D eigenvalue weighted by Crippen LogP contribution is 2.35. The number of nitrogens with one attached hydrogen (secondary N) is 2. The molecule has 0 aliphatic carbocycles. The lowest BCUT2D eigenvalue weighted by atomic mass is 10.0. The number of thiophene rings is 2. The molecule has 0 saturated heterocycles. The monoisotopic (exact) mass is 395 g/mol. The second-order valence-corrected chi connectivity index (χ2v) is 8.73. The zero-order valence-corrected chi connectivity index (χ0v) is 17.1. The van der Waals surface area contributed by atoms with Gasteiger partial charge < -0.3 is 10.3 Å². The summed E-state index contributed by atoms with van der Waals surface area (Å²) in [5.74, 6) is 0.672. The van der Waals surface area contributed by atoms with Gasteiger partial charge in [-0.15, -0.1) is 11.3 Å². The molecule has 0 amide bonds. The Kier molecular flexibility index (Phi) is 4.95. The first-order valence-electron chi connectivity index (χ1n) is 8.87. The molecular weight excluding hydrogens is 374 g/mol. The third-order valence-electron chi connectivity index (χ3n) is 4.75.